The van der Waals surface area contributed by atoms with Crippen molar-refractivity contribution in [3.63, 3.8) is 0 Å². The minimum Gasteiger partial charge on any atom is -0.357 e. The number of hydrogen-bond acceptors (Lipinski definition) is 5. The SMILES string of the molecule is CCCCCN=C(NCC)NCCC(=O)N1CCN(c2ncccn2)CC1. The molecule has 2 rings (SSSR count). The first-order valence-electron chi connectivity index (χ1n) is 10.1. The Balaban J connectivity index is 1.69. The van der Waals surface area contributed by atoms with Crippen LogP contribution in [0.5, 0.6) is 0 Å². The molecular formula is C19H33N7O. The van der Waals surface area contributed by atoms with Gasteiger partial charge < -0.3 is 20.4 Å². The number of carbonyl (C=O) groups excluding carboxylic acids is 1. The summed E-state index contributed by atoms with van der Waals surface area (Å²) in [5, 5.41) is 6.49. The number of rotatable bonds is 9. The third-order valence-corrected chi connectivity index (χ3v) is 4.47. The summed E-state index contributed by atoms with van der Waals surface area (Å²) in [6, 6.07) is 1.81. The lowest BCUT2D eigenvalue weighted by Gasteiger charge is -2.34. The van der Waals surface area contributed by atoms with E-state index in [0.29, 0.717) is 26.1 Å². The molecule has 0 bridgehead atoms. The van der Waals surface area contributed by atoms with E-state index in [1.54, 1.807) is 12.4 Å². The first-order valence-corrected chi connectivity index (χ1v) is 10.1. The second-order valence-corrected chi connectivity index (χ2v) is 6.56. The Hall–Kier alpha value is -2.38. The van der Waals surface area contributed by atoms with Crippen LogP contribution in [0.25, 0.3) is 0 Å². The van der Waals surface area contributed by atoms with Crippen LogP contribution in [0.1, 0.15) is 39.5 Å². The number of aromatic nitrogens is 2. The molecule has 0 saturated carbocycles. The summed E-state index contributed by atoms with van der Waals surface area (Å²) in [6.45, 7) is 9.42. The minimum atomic E-state index is 0.179. The normalized spacial score (nSPS) is 15.0. The Morgan fingerprint density at radius 3 is 2.52 bits per heavy atom. The molecule has 0 atom stereocenters. The lowest BCUT2D eigenvalue weighted by molar-refractivity contribution is -0.131. The topological polar surface area (TPSA) is 85.8 Å². The van der Waals surface area contributed by atoms with Crippen molar-refractivity contribution in [3.8, 4) is 0 Å². The summed E-state index contributed by atoms with van der Waals surface area (Å²) in [4.78, 5) is 29.6. The van der Waals surface area contributed by atoms with Crippen LogP contribution in [-0.4, -0.2) is 72.5 Å². The summed E-state index contributed by atoms with van der Waals surface area (Å²) in [7, 11) is 0. The van der Waals surface area contributed by atoms with Crippen LogP contribution in [0, 0.1) is 0 Å². The third-order valence-electron chi connectivity index (χ3n) is 4.47. The molecule has 1 aliphatic rings. The van der Waals surface area contributed by atoms with Gasteiger partial charge in [0.1, 0.15) is 0 Å². The molecule has 0 spiro atoms. The number of hydrogen-bond donors (Lipinski definition) is 2. The lowest BCUT2D eigenvalue weighted by Crippen LogP contribution is -2.50. The van der Waals surface area contributed by atoms with Crippen molar-refractivity contribution < 1.29 is 4.79 Å². The first-order chi connectivity index (χ1) is 13.2. The van der Waals surface area contributed by atoms with Crippen molar-refractivity contribution in [1.29, 1.82) is 0 Å². The monoisotopic (exact) mass is 375 g/mol. The standard InChI is InChI=1S/C19H33N7O/c1-3-5-6-9-21-18(20-4-2)22-12-8-17(27)25-13-15-26(16-14-25)19-23-10-7-11-24-19/h7,10-11H,3-6,8-9,12-16H2,1-2H3,(H2,20,21,22). The van der Waals surface area contributed by atoms with Gasteiger partial charge in [-0.3, -0.25) is 9.79 Å². The van der Waals surface area contributed by atoms with Crippen LogP contribution in [0.4, 0.5) is 5.95 Å². The molecule has 8 heteroatoms. The van der Waals surface area contributed by atoms with Crippen LogP contribution >= 0.6 is 0 Å². The van der Waals surface area contributed by atoms with Gasteiger partial charge >= 0.3 is 0 Å². The number of anilines is 1. The Morgan fingerprint density at radius 2 is 1.85 bits per heavy atom. The van der Waals surface area contributed by atoms with Gasteiger partial charge in [-0.15, -0.1) is 0 Å². The van der Waals surface area contributed by atoms with E-state index in [0.717, 1.165) is 44.5 Å². The number of piperazine rings is 1. The predicted molar refractivity (Wildman–Crippen MR) is 109 cm³/mol. The molecule has 1 aromatic heterocycles. The highest BCUT2D eigenvalue weighted by Crippen LogP contribution is 2.10. The molecule has 1 aliphatic heterocycles. The molecule has 0 aromatic carbocycles. The fourth-order valence-corrected chi connectivity index (χ4v) is 2.95. The van der Waals surface area contributed by atoms with E-state index >= 15 is 0 Å². The zero-order valence-electron chi connectivity index (χ0n) is 16.7. The van der Waals surface area contributed by atoms with E-state index in [2.05, 4.69) is 37.4 Å². The van der Waals surface area contributed by atoms with Gasteiger partial charge in [0.15, 0.2) is 5.96 Å². The maximum absolute atomic E-state index is 12.5. The first kappa shape index (κ1) is 20.9. The summed E-state index contributed by atoms with van der Waals surface area (Å²) >= 11 is 0. The van der Waals surface area contributed by atoms with Crippen LogP contribution in [-0.2, 0) is 4.79 Å². The van der Waals surface area contributed by atoms with Gasteiger partial charge in [-0.05, 0) is 19.4 Å². The predicted octanol–water partition coefficient (Wildman–Crippen LogP) is 1.26. The van der Waals surface area contributed by atoms with Gasteiger partial charge in [-0.25, -0.2) is 9.97 Å². The summed E-state index contributed by atoms with van der Waals surface area (Å²) in [5.41, 5.74) is 0. The zero-order valence-corrected chi connectivity index (χ0v) is 16.7. The average Bonchev–Trinajstić information content (AvgIpc) is 2.72. The summed E-state index contributed by atoms with van der Waals surface area (Å²) in [5.74, 6) is 1.71. The molecule has 1 amide bonds. The number of nitrogens with one attached hydrogen (secondary N) is 2. The van der Waals surface area contributed by atoms with Crippen molar-refractivity contribution >= 4 is 17.8 Å². The highest BCUT2D eigenvalue weighted by molar-refractivity contribution is 5.81. The summed E-state index contributed by atoms with van der Waals surface area (Å²) < 4.78 is 0. The summed E-state index contributed by atoms with van der Waals surface area (Å²) in [6.07, 6.45) is 7.45. The largest absolute Gasteiger partial charge is 0.357 e. The number of unbranched alkanes of at least 4 members (excludes halogenated alkanes) is 2. The van der Waals surface area contributed by atoms with E-state index in [9.17, 15) is 4.79 Å². The van der Waals surface area contributed by atoms with Gasteiger partial charge in [0, 0.05) is 64.6 Å². The highest BCUT2D eigenvalue weighted by Gasteiger charge is 2.22. The maximum atomic E-state index is 12.5. The molecule has 1 fully saturated rings. The zero-order chi connectivity index (χ0) is 19.3. The van der Waals surface area contributed by atoms with Gasteiger partial charge in [-0.2, -0.15) is 0 Å². The van der Waals surface area contributed by atoms with E-state index in [4.69, 9.17) is 0 Å². The van der Waals surface area contributed by atoms with Crippen molar-refractivity contribution in [1.82, 2.24) is 25.5 Å². The Labute approximate surface area is 162 Å². The van der Waals surface area contributed by atoms with Crippen molar-refractivity contribution in [2.45, 2.75) is 39.5 Å². The van der Waals surface area contributed by atoms with Crippen molar-refractivity contribution in [2.75, 3.05) is 50.7 Å². The highest BCUT2D eigenvalue weighted by atomic mass is 16.2. The Bertz CT molecular complexity index is 571. The second kappa shape index (κ2) is 12.1. The molecular weight excluding hydrogens is 342 g/mol. The van der Waals surface area contributed by atoms with E-state index in [1.807, 2.05) is 17.9 Å². The smallest absolute Gasteiger partial charge is 0.225 e. The van der Waals surface area contributed by atoms with Crippen LogP contribution in [0.2, 0.25) is 0 Å². The van der Waals surface area contributed by atoms with Gasteiger partial charge in [0.05, 0.1) is 0 Å². The van der Waals surface area contributed by atoms with Crippen molar-refractivity contribution in [2.24, 2.45) is 4.99 Å². The fourth-order valence-electron chi connectivity index (χ4n) is 2.95. The molecule has 0 radical (unpaired) electrons. The van der Waals surface area contributed by atoms with Gasteiger partial charge in [-0.1, -0.05) is 19.8 Å². The molecule has 1 saturated heterocycles. The van der Waals surface area contributed by atoms with E-state index in [1.165, 1.54) is 12.8 Å². The van der Waals surface area contributed by atoms with E-state index in [-0.39, 0.29) is 5.91 Å². The van der Waals surface area contributed by atoms with Gasteiger partial charge in [0.2, 0.25) is 11.9 Å². The van der Waals surface area contributed by atoms with Crippen molar-refractivity contribution in [3.05, 3.63) is 18.5 Å². The molecule has 2 N–H and O–H groups in total. The van der Waals surface area contributed by atoms with Crippen LogP contribution < -0.4 is 15.5 Å². The molecule has 0 unspecified atom stereocenters. The number of aliphatic imine (C=N–C) groups is 1. The van der Waals surface area contributed by atoms with E-state index < -0.39 is 0 Å². The molecule has 2 heterocycles. The van der Waals surface area contributed by atoms with Gasteiger partial charge in [0.25, 0.3) is 0 Å². The lowest BCUT2D eigenvalue weighted by atomic mass is 10.2. The Morgan fingerprint density at radius 1 is 1.11 bits per heavy atom. The average molecular weight is 376 g/mol. The van der Waals surface area contributed by atoms with Crippen LogP contribution in [0.15, 0.2) is 23.5 Å². The third kappa shape index (κ3) is 7.40. The number of carbonyl (C=O) groups is 1. The quantitative estimate of drug-likeness (QED) is 0.384. The fraction of sp³-hybridized carbons (Fsp3) is 0.684. The number of guanidine groups is 1. The molecule has 150 valence electrons. The number of amides is 1. The Kier molecular flexibility index (Phi) is 9.37. The molecule has 27 heavy (non-hydrogen) atoms. The number of nitrogens with zero attached hydrogens (tertiary/aromatic N) is 5. The minimum absolute atomic E-state index is 0.179. The maximum Gasteiger partial charge on any atom is 0.225 e. The molecule has 8 nitrogen and oxygen atoms in total. The molecule has 0 aliphatic carbocycles. The molecule has 1 aromatic rings. The second-order valence-electron chi connectivity index (χ2n) is 6.56. The van der Waals surface area contributed by atoms with Crippen LogP contribution in [0.3, 0.4) is 0 Å².